The Balaban J connectivity index is 1.86. The monoisotopic (exact) mass is 280 g/mol. The molecule has 102 valence electrons. The van der Waals surface area contributed by atoms with Gasteiger partial charge in [-0.25, -0.2) is 4.98 Å². The number of nitrogens with one attached hydrogen (secondary N) is 1. The molecule has 0 fully saturated rings. The highest BCUT2D eigenvalue weighted by Gasteiger charge is 2.07. The van der Waals surface area contributed by atoms with Crippen molar-refractivity contribution in [3.8, 4) is 5.75 Å². The van der Waals surface area contributed by atoms with E-state index in [9.17, 15) is 0 Å². The standard InChI is InChI=1S/C13H17ClN4O/c1-18-9-16-13(17-18)6-7-15-8-10-11(14)4-3-5-12(10)19-2/h3-5,9,15H,6-8H2,1-2H3. The molecule has 2 rings (SSSR count). The van der Waals surface area contributed by atoms with E-state index in [1.54, 1.807) is 18.1 Å². The van der Waals surface area contributed by atoms with Gasteiger partial charge in [0.15, 0.2) is 5.82 Å². The first-order valence-electron chi connectivity index (χ1n) is 6.07. The number of halogens is 1. The Hall–Kier alpha value is -1.59. The molecule has 0 atom stereocenters. The molecule has 0 amide bonds. The summed E-state index contributed by atoms with van der Waals surface area (Å²) in [5, 5.41) is 8.25. The Morgan fingerprint density at radius 1 is 1.42 bits per heavy atom. The van der Waals surface area contributed by atoms with Gasteiger partial charge in [0.25, 0.3) is 0 Å². The average Bonchev–Trinajstić information content (AvgIpc) is 2.81. The van der Waals surface area contributed by atoms with E-state index >= 15 is 0 Å². The van der Waals surface area contributed by atoms with Crippen LogP contribution in [0, 0.1) is 0 Å². The third-order valence-corrected chi connectivity index (χ3v) is 3.12. The predicted molar refractivity (Wildman–Crippen MR) is 74.4 cm³/mol. The minimum absolute atomic E-state index is 0.662. The predicted octanol–water partition coefficient (Wildman–Crippen LogP) is 1.81. The average molecular weight is 281 g/mol. The van der Waals surface area contributed by atoms with Gasteiger partial charge in [0, 0.05) is 37.1 Å². The summed E-state index contributed by atoms with van der Waals surface area (Å²) in [5.41, 5.74) is 0.973. The summed E-state index contributed by atoms with van der Waals surface area (Å²) in [6.45, 7) is 1.45. The first-order valence-corrected chi connectivity index (χ1v) is 6.45. The van der Waals surface area contributed by atoms with Crippen molar-refractivity contribution < 1.29 is 4.74 Å². The molecular weight excluding hydrogens is 264 g/mol. The van der Waals surface area contributed by atoms with Crippen LogP contribution in [-0.2, 0) is 20.0 Å². The fourth-order valence-corrected chi connectivity index (χ4v) is 2.05. The molecule has 0 saturated carbocycles. The minimum atomic E-state index is 0.662. The maximum absolute atomic E-state index is 6.16. The zero-order chi connectivity index (χ0) is 13.7. The van der Waals surface area contributed by atoms with Gasteiger partial charge >= 0.3 is 0 Å². The highest BCUT2D eigenvalue weighted by Crippen LogP contribution is 2.25. The summed E-state index contributed by atoms with van der Waals surface area (Å²) in [6, 6.07) is 5.65. The van der Waals surface area contributed by atoms with Gasteiger partial charge in [-0.05, 0) is 12.1 Å². The number of aryl methyl sites for hydroxylation is 1. The van der Waals surface area contributed by atoms with E-state index in [1.165, 1.54) is 0 Å². The topological polar surface area (TPSA) is 52.0 Å². The molecule has 0 radical (unpaired) electrons. The van der Waals surface area contributed by atoms with E-state index in [1.807, 2.05) is 25.2 Å². The largest absolute Gasteiger partial charge is 0.496 e. The van der Waals surface area contributed by atoms with Crippen LogP contribution < -0.4 is 10.1 Å². The van der Waals surface area contributed by atoms with Crippen molar-refractivity contribution in [2.45, 2.75) is 13.0 Å². The Kier molecular flexibility index (Phi) is 4.76. The molecule has 1 aromatic heterocycles. The summed E-state index contributed by atoms with van der Waals surface area (Å²) in [7, 11) is 3.51. The van der Waals surface area contributed by atoms with Crippen molar-refractivity contribution in [1.29, 1.82) is 0 Å². The second-order valence-electron chi connectivity index (χ2n) is 4.18. The maximum Gasteiger partial charge on any atom is 0.151 e. The van der Waals surface area contributed by atoms with Crippen molar-refractivity contribution in [2.24, 2.45) is 7.05 Å². The number of rotatable bonds is 6. The smallest absolute Gasteiger partial charge is 0.151 e. The second-order valence-corrected chi connectivity index (χ2v) is 4.59. The van der Waals surface area contributed by atoms with Crippen molar-refractivity contribution in [3.05, 3.63) is 40.9 Å². The SMILES string of the molecule is COc1cccc(Cl)c1CNCCc1ncn(C)n1. The highest BCUT2D eigenvalue weighted by molar-refractivity contribution is 6.31. The van der Waals surface area contributed by atoms with Gasteiger partial charge < -0.3 is 10.1 Å². The van der Waals surface area contributed by atoms with E-state index in [0.29, 0.717) is 11.6 Å². The summed E-state index contributed by atoms with van der Waals surface area (Å²) in [4.78, 5) is 4.17. The maximum atomic E-state index is 6.16. The van der Waals surface area contributed by atoms with Crippen LogP contribution in [0.15, 0.2) is 24.5 Å². The van der Waals surface area contributed by atoms with Crippen LogP contribution in [0.2, 0.25) is 5.02 Å². The van der Waals surface area contributed by atoms with Crippen LogP contribution in [0.4, 0.5) is 0 Å². The third-order valence-electron chi connectivity index (χ3n) is 2.77. The molecule has 1 aromatic carbocycles. The Bertz CT molecular complexity index is 541. The molecule has 0 bridgehead atoms. The fraction of sp³-hybridized carbons (Fsp3) is 0.385. The molecule has 1 N–H and O–H groups in total. The summed E-state index contributed by atoms with van der Waals surface area (Å²) < 4.78 is 6.99. The number of hydrogen-bond donors (Lipinski definition) is 1. The van der Waals surface area contributed by atoms with Crippen LogP contribution in [0.1, 0.15) is 11.4 Å². The van der Waals surface area contributed by atoms with Gasteiger partial charge in [-0.15, -0.1) is 0 Å². The molecular formula is C13H17ClN4O. The van der Waals surface area contributed by atoms with Gasteiger partial charge in [0.2, 0.25) is 0 Å². The third kappa shape index (κ3) is 3.68. The zero-order valence-electron chi connectivity index (χ0n) is 11.1. The molecule has 5 nitrogen and oxygen atoms in total. The molecule has 1 heterocycles. The van der Waals surface area contributed by atoms with Crippen molar-refractivity contribution in [3.63, 3.8) is 0 Å². The molecule has 19 heavy (non-hydrogen) atoms. The van der Waals surface area contributed by atoms with E-state index in [2.05, 4.69) is 15.4 Å². The highest BCUT2D eigenvalue weighted by atomic mass is 35.5. The van der Waals surface area contributed by atoms with Gasteiger partial charge in [0.05, 0.1) is 7.11 Å². The summed E-state index contributed by atoms with van der Waals surface area (Å²) in [5.74, 6) is 1.64. The number of methoxy groups -OCH3 is 1. The number of aromatic nitrogens is 3. The lowest BCUT2D eigenvalue weighted by Crippen LogP contribution is -2.18. The minimum Gasteiger partial charge on any atom is -0.496 e. The molecule has 0 aliphatic rings. The number of hydrogen-bond acceptors (Lipinski definition) is 4. The quantitative estimate of drug-likeness (QED) is 0.820. The van der Waals surface area contributed by atoms with Crippen LogP contribution >= 0.6 is 11.6 Å². The normalized spacial score (nSPS) is 10.7. The van der Waals surface area contributed by atoms with Crippen molar-refractivity contribution in [2.75, 3.05) is 13.7 Å². The van der Waals surface area contributed by atoms with E-state index < -0.39 is 0 Å². The number of ether oxygens (including phenoxy) is 1. The first-order chi connectivity index (χ1) is 9.20. The molecule has 6 heteroatoms. The van der Waals surface area contributed by atoms with E-state index in [-0.39, 0.29) is 0 Å². The van der Waals surface area contributed by atoms with Gasteiger partial charge in [-0.1, -0.05) is 17.7 Å². The van der Waals surface area contributed by atoms with Gasteiger partial charge in [-0.3, -0.25) is 4.68 Å². The molecule has 0 spiro atoms. The van der Waals surface area contributed by atoms with Gasteiger partial charge in [0.1, 0.15) is 12.1 Å². The second kappa shape index (κ2) is 6.54. The molecule has 0 aliphatic carbocycles. The van der Waals surface area contributed by atoms with Crippen molar-refractivity contribution in [1.82, 2.24) is 20.1 Å². The van der Waals surface area contributed by atoms with Crippen LogP contribution in [0.5, 0.6) is 5.75 Å². The van der Waals surface area contributed by atoms with E-state index in [4.69, 9.17) is 16.3 Å². The van der Waals surface area contributed by atoms with Crippen LogP contribution in [0.25, 0.3) is 0 Å². The molecule has 0 unspecified atom stereocenters. The van der Waals surface area contributed by atoms with Gasteiger partial charge in [-0.2, -0.15) is 5.10 Å². The molecule has 2 aromatic rings. The fourth-order valence-electron chi connectivity index (χ4n) is 1.81. The van der Waals surface area contributed by atoms with Crippen LogP contribution in [0.3, 0.4) is 0 Å². The Labute approximate surface area is 117 Å². The van der Waals surface area contributed by atoms with E-state index in [0.717, 1.165) is 30.1 Å². The van der Waals surface area contributed by atoms with Crippen molar-refractivity contribution >= 4 is 11.6 Å². The zero-order valence-corrected chi connectivity index (χ0v) is 11.8. The first kappa shape index (κ1) is 13.8. The summed E-state index contributed by atoms with van der Waals surface area (Å²) in [6.07, 6.45) is 2.49. The lowest BCUT2D eigenvalue weighted by molar-refractivity contribution is 0.408. The Morgan fingerprint density at radius 3 is 2.95 bits per heavy atom. The van der Waals surface area contributed by atoms with Crippen LogP contribution in [-0.4, -0.2) is 28.4 Å². The summed E-state index contributed by atoms with van der Waals surface area (Å²) >= 11 is 6.16. The molecule has 0 saturated heterocycles. The number of nitrogens with zero attached hydrogens (tertiary/aromatic N) is 3. The Morgan fingerprint density at radius 2 is 2.26 bits per heavy atom. The lowest BCUT2D eigenvalue weighted by Gasteiger charge is -2.10. The lowest BCUT2D eigenvalue weighted by atomic mass is 10.2. The number of benzene rings is 1. The molecule has 0 aliphatic heterocycles.